The fourth-order valence-corrected chi connectivity index (χ4v) is 5.19. The van der Waals surface area contributed by atoms with Crippen molar-refractivity contribution in [2.75, 3.05) is 39.5 Å². The summed E-state index contributed by atoms with van der Waals surface area (Å²) in [6.07, 6.45) is 2.03. The second kappa shape index (κ2) is 7.27. The van der Waals surface area contributed by atoms with E-state index in [9.17, 15) is 13.2 Å². The third-order valence-corrected chi connectivity index (χ3v) is 6.88. The van der Waals surface area contributed by atoms with E-state index in [1.807, 2.05) is 0 Å². The van der Waals surface area contributed by atoms with Gasteiger partial charge in [0.05, 0.1) is 29.1 Å². The average molecular weight is 360 g/mol. The SMILES string of the molecule is O=C(NCC1CCCO1)c1cc(S(=O)(=O)N2CCOCC2)cs1. The first-order valence-corrected chi connectivity index (χ1v) is 9.95. The van der Waals surface area contributed by atoms with Gasteiger partial charge in [-0.05, 0) is 18.9 Å². The Balaban J connectivity index is 1.63. The maximum atomic E-state index is 12.5. The summed E-state index contributed by atoms with van der Waals surface area (Å²) in [4.78, 5) is 12.7. The number of amides is 1. The Morgan fingerprint density at radius 3 is 2.83 bits per heavy atom. The summed E-state index contributed by atoms with van der Waals surface area (Å²) < 4.78 is 37.1. The van der Waals surface area contributed by atoms with Crippen LogP contribution in [0.25, 0.3) is 0 Å². The molecule has 0 spiro atoms. The molecule has 23 heavy (non-hydrogen) atoms. The zero-order chi connectivity index (χ0) is 16.3. The van der Waals surface area contributed by atoms with Crippen molar-refractivity contribution in [3.8, 4) is 0 Å². The van der Waals surface area contributed by atoms with Crippen LogP contribution in [0.2, 0.25) is 0 Å². The highest BCUT2D eigenvalue weighted by molar-refractivity contribution is 7.89. The zero-order valence-electron chi connectivity index (χ0n) is 12.7. The monoisotopic (exact) mass is 360 g/mol. The molecule has 1 N–H and O–H groups in total. The quantitative estimate of drug-likeness (QED) is 0.835. The largest absolute Gasteiger partial charge is 0.379 e. The molecule has 9 heteroatoms. The second-order valence-corrected chi connectivity index (χ2v) is 8.36. The third kappa shape index (κ3) is 3.92. The zero-order valence-corrected chi connectivity index (χ0v) is 14.3. The lowest BCUT2D eigenvalue weighted by molar-refractivity contribution is 0.0730. The molecule has 2 fully saturated rings. The summed E-state index contributed by atoms with van der Waals surface area (Å²) in [5.41, 5.74) is 0. The van der Waals surface area contributed by atoms with Crippen LogP contribution in [0.5, 0.6) is 0 Å². The van der Waals surface area contributed by atoms with Gasteiger partial charge in [0.1, 0.15) is 0 Å². The van der Waals surface area contributed by atoms with Crippen molar-refractivity contribution in [2.24, 2.45) is 0 Å². The minimum absolute atomic E-state index is 0.0652. The third-order valence-electron chi connectivity index (χ3n) is 3.92. The highest BCUT2D eigenvalue weighted by Crippen LogP contribution is 2.23. The number of nitrogens with zero attached hydrogens (tertiary/aromatic N) is 1. The first-order valence-electron chi connectivity index (χ1n) is 7.63. The van der Waals surface area contributed by atoms with Gasteiger partial charge in [0.15, 0.2) is 0 Å². The summed E-state index contributed by atoms with van der Waals surface area (Å²) >= 11 is 1.14. The summed E-state index contributed by atoms with van der Waals surface area (Å²) in [6.45, 7) is 2.69. The van der Waals surface area contributed by atoms with Crippen LogP contribution in [-0.2, 0) is 19.5 Å². The molecule has 1 unspecified atom stereocenters. The first kappa shape index (κ1) is 16.8. The molecule has 7 nitrogen and oxygen atoms in total. The van der Waals surface area contributed by atoms with Crippen LogP contribution in [0, 0.1) is 0 Å². The van der Waals surface area contributed by atoms with Gasteiger partial charge in [-0.1, -0.05) is 0 Å². The number of hydrogen-bond donors (Lipinski definition) is 1. The molecule has 1 atom stereocenters. The van der Waals surface area contributed by atoms with Crippen LogP contribution >= 0.6 is 11.3 Å². The maximum absolute atomic E-state index is 12.5. The van der Waals surface area contributed by atoms with Crippen LogP contribution in [0.1, 0.15) is 22.5 Å². The van der Waals surface area contributed by atoms with E-state index in [-0.39, 0.29) is 16.9 Å². The molecular formula is C14H20N2O5S2. The van der Waals surface area contributed by atoms with Crippen molar-refractivity contribution in [3.05, 3.63) is 16.3 Å². The van der Waals surface area contributed by atoms with E-state index in [2.05, 4.69) is 5.32 Å². The Bertz CT molecular complexity index is 646. The minimum atomic E-state index is -3.55. The molecule has 0 saturated carbocycles. The lowest BCUT2D eigenvalue weighted by Gasteiger charge is -2.25. The molecule has 0 aromatic carbocycles. The molecule has 2 aliphatic rings. The van der Waals surface area contributed by atoms with Gasteiger partial charge in [0.25, 0.3) is 5.91 Å². The first-order chi connectivity index (χ1) is 11.1. The normalized spacial score (nSPS) is 23.0. The number of carbonyl (C=O) groups is 1. The summed E-state index contributed by atoms with van der Waals surface area (Å²) in [5.74, 6) is -0.256. The van der Waals surface area contributed by atoms with Gasteiger partial charge in [-0.2, -0.15) is 4.31 Å². The lowest BCUT2D eigenvalue weighted by Crippen LogP contribution is -2.40. The van der Waals surface area contributed by atoms with Crippen LogP contribution in [0.15, 0.2) is 16.3 Å². The van der Waals surface area contributed by atoms with Crippen molar-refractivity contribution in [3.63, 3.8) is 0 Å². The molecule has 3 heterocycles. The molecule has 1 aromatic heterocycles. The van der Waals surface area contributed by atoms with Crippen molar-refractivity contribution >= 4 is 27.3 Å². The van der Waals surface area contributed by atoms with Gasteiger partial charge < -0.3 is 14.8 Å². The van der Waals surface area contributed by atoms with E-state index < -0.39 is 10.0 Å². The highest BCUT2D eigenvalue weighted by Gasteiger charge is 2.28. The van der Waals surface area contributed by atoms with E-state index in [1.165, 1.54) is 15.8 Å². The fourth-order valence-electron chi connectivity index (χ4n) is 2.61. The van der Waals surface area contributed by atoms with Crippen molar-refractivity contribution < 1.29 is 22.7 Å². The maximum Gasteiger partial charge on any atom is 0.261 e. The number of ether oxygens (including phenoxy) is 2. The van der Waals surface area contributed by atoms with Crippen LogP contribution in [-0.4, -0.2) is 64.2 Å². The van der Waals surface area contributed by atoms with Gasteiger partial charge in [-0.15, -0.1) is 11.3 Å². The van der Waals surface area contributed by atoms with E-state index in [0.29, 0.717) is 37.7 Å². The minimum Gasteiger partial charge on any atom is -0.379 e. The van der Waals surface area contributed by atoms with E-state index >= 15 is 0 Å². The lowest BCUT2D eigenvalue weighted by atomic mass is 10.2. The Morgan fingerprint density at radius 2 is 2.13 bits per heavy atom. The summed E-state index contributed by atoms with van der Waals surface area (Å²) in [6, 6.07) is 1.44. The Morgan fingerprint density at radius 1 is 1.35 bits per heavy atom. The highest BCUT2D eigenvalue weighted by atomic mass is 32.2. The number of carbonyl (C=O) groups excluding carboxylic acids is 1. The van der Waals surface area contributed by atoms with Crippen molar-refractivity contribution in [1.82, 2.24) is 9.62 Å². The second-order valence-electron chi connectivity index (χ2n) is 5.51. The molecule has 0 bridgehead atoms. The van der Waals surface area contributed by atoms with Crippen LogP contribution in [0.3, 0.4) is 0 Å². The average Bonchev–Trinajstić information content (AvgIpc) is 3.25. The van der Waals surface area contributed by atoms with Gasteiger partial charge in [-0.3, -0.25) is 4.79 Å². The van der Waals surface area contributed by atoms with Gasteiger partial charge in [0, 0.05) is 31.6 Å². The van der Waals surface area contributed by atoms with Gasteiger partial charge >= 0.3 is 0 Å². The molecule has 1 aromatic rings. The number of nitrogens with one attached hydrogen (secondary N) is 1. The molecule has 3 rings (SSSR count). The molecule has 0 aliphatic carbocycles. The number of morpholine rings is 1. The van der Waals surface area contributed by atoms with Crippen molar-refractivity contribution in [1.29, 1.82) is 0 Å². The Kier molecular flexibility index (Phi) is 5.32. The van der Waals surface area contributed by atoms with Crippen LogP contribution in [0.4, 0.5) is 0 Å². The molecule has 0 radical (unpaired) electrons. The topological polar surface area (TPSA) is 84.9 Å². The number of hydrogen-bond acceptors (Lipinski definition) is 6. The Labute approximate surface area is 139 Å². The summed E-state index contributed by atoms with van der Waals surface area (Å²) in [5, 5.41) is 4.32. The van der Waals surface area contributed by atoms with E-state index in [4.69, 9.17) is 9.47 Å². The number of sulfonamides is 1. The van der Waals surface area contributed by atoms with E-state index in [1.54, 1.807) is 0 Å². The number of thiophene rings is 1. The summed E-state index contributed by atoms with van der Waals surface area (Å²) in [7, 11) is -3.55. The predicted molar refractivity (Wildman–Crippen MR) is 85.2 cm³/mol. The van der Waals surface area contributed by atoms with Crippen molar-refractivity contribution in [2.45, 2.75) is 23.8 Å². The molecular weight excluding hydrogens is 340 g/mol. The molecule has 2 saturated heterocycles. The molecule has 128 valence electrons. The van der Waals surface area contributed by atoms with Gasteiger partial charge in [-0.25, -0.2) is 8.42 Å². The molecule has 2 aliphatic heterocycles. The molecule has 1 amide bonds. The number of rotatable bonds is 5. The van der Waals surface area contributed by atoms with Crippen LogP contribution < -0.4 is 5.32 Å². The predicted octanol–water partition coefficient (Wildman–Crippen LogP) is 0.678. The van der Waals surface area contributed by atoms with Gasteiger partial charge in [0.2, 0.25) is 10.0 Å². The smallest absolute Gasteiger partial charge is 0.261 e. The van der Waals surface area contributed by atoms with E-state index in [0.717, 1.165) is 30.8 Å². The standard InChI is InChI=1S/C14H20N2O5S2/c17-14(15-9-11-2-1-5-21-11)13-8-12(10-22-13)23(18,19)16-3-6-20-7-4-16/h8,10-11H,1-7,9H2,(H,15,17). The Hall–Kier alpha value is -1.00. The fraction of sp³-hybridized carbons (Fsp3) is 0.643.